The van der Waals surface area contributed by atoms with E-state index in [1.807, 2.05) is 0 Å². The summed E-state index contributed by atoms with van der Waals surface area (Å²) in [5.74, 6) is 0. The fourth-order valence-corrected chi connectivity index (χ4v) is 2.99. The Balaban J connectivity index is 1.72. The van der Waals surface area contributed by atoms with Crippen LogP contribution in [0.1, 0.15) is 10.4 Å². The minimum absolute atomic E-state index is 0.949. The molecular weight excluding hydrogens is 282 g/mol. The Labute approximate surface area is 109 Å². The lowest BCUT2D eigenvalue weighted by Gasteiger charge is -2.03. The minimum atomic E-state index is 0.949. The fourth-order valence-electron chi connectivity index (χ4n) is 1.53. The molecule has 0 spiro atoms. The lowest BCUT2D eigenvalue weighted by Crippen LogP contribution is -2.16. The summed E-state index contributed by atoms with van der Waals surface area (Å²) < 4.78 is 1.21. The minimum Gasteiger partial charge on any atom is -0.311 e. The molecule has 0 amide bonds. The molecule has 0 aliphatic rings. The third-order valence-corrected chi connectivity index (χ3v) is 4.34. The van der Waals surface area contributed by atoms with Gasteiger partial charge in [-0.2, -0.15) is 0 Å². The summed E-state index contributed by atoms with van der Waals surface area (Å²) in [7, 11) is 0. The molecule has 1 aromatic heterocycles. The zero-order chi connectivity index (χ0) is 11.2. The number of hydrogen-bond donors (Lipinski definition) is 1. The van der Waals surface area contributed by atoms with Crippen LogP contribution in [0.5, 0.6) is 0 Å². The standard InChI is InChI=1S/C13H14BrNS/c14-12-7-9-16-13(12)10-15-8-6-11-4-2-1-3-5-11/h1-5,7,9,15H,6,8,10H2. The molecule has 2 aromatic rings. The SMILES string of the molecule is Brc1ccsc1CNCCc1ccccc1. The van der Waals surface area contributed by atoms with Crippen molar-refractivity contribution in [1.82, 2.24) is 5.32 Å². The highest BCUT2D eigenvalue weighted by Gasteiger charge is 1.99. The van der Waals surface area contributed by atoms with Crippen LogP contribution < -0.4 is 5.32 Å². The maximum atomic E-state index is 3.53. The van der Waals surface area contributed by atoms with Crippen LogP contribution in [0.15, 0.2) is 46.3 Å². The van der Waals surface area contributed by atoms with E-state index in [0.29, 0.717) is 0 Å². The molecule has 0 saturated heterocycles. The van der Waals surface area contributed by atoms with Crippen LogP contribution in [0.2, 0.25) is 0 Å². The maximum Gasteiger partial charge on any atom is 0.0327 e. The Hall–Kier alpha value is -0.640. The van der Waals surface area contributed by atoms with E-state index in [4.69, 9.17) is 0 Å². The molecule has 1 heterocycles. The van der Waals surface area contributed by atoms with Crippen molar-refractivity contribution >= 4 is 27.3 Å². The van der Waals surface area contributed by atoms with Crippen LogP contribution in [0.4, 0.5) is 0 Å². The van der Waals surface area contributed by atoms with Gasteiger partial charge >= 0.3 is 0 Å². The molecule has 1 aromatic carbocycles. The van der Waals surface area contributed by atoms with E-state index in [9.17, 15) is 0 Å². The van der Waals surface area contributed by atoms with E-state index in [2.05, 4.69) is 63.0 Å². The van der Waals surface area contributed by atoms with E-state index in [-0.39, 0.29) is 0 Å². The van der Waals surface area contributed by atoms with Gasteiger partial charge in [-0.1, -0.05) is 30.3 Å². The monoisotopic (exact) mass is 295 g/mol. The normalized spacial score (nSPS) is 10.6. The van der Waals surface area contributed by atoms with E-state index < -0.39 is 0 Å². The summed E-state index contributed by atoms with van der Waals surface area (Å²) in [5, 5.41) is 5.57. The Bertz CT molecular complexity index is 425. The summed E-state index contributed by atoms with van der Waals surface area (Å²) >= 11 is 5.32. The van der Waals surface area contributed by atoms with E-state index in [1.165, 1.54) is 14.9 Å². The van der Waals surface area contributed by atoms with Gasteiger partial charge in [0.15, 0.2) is 0 Å². The lowest BCUT2D eigenvalue weighted by molar-refractivity contribution is 0.692. The maximum absolute atomic E-state index is 3.53. The van der Waals surface area contributed by atoms with Crippen LogP contribution in [-0.4, -0.2) is 6.54 Å². The highest BCUT2D eigenvalue weighted by atomic mass is 79.9. The predicted octanol–water partition coefficient (Wildman–Crippen LogP) is 3.84. The first-order valence-corrected chi connectivity index (χ1v) is 7.00. The van der Waals surface area contributed by atoms with Crippen molar-refractivity contribution < 1.29 is 0 Å². The molecule has 0 aliphatic carbocycles. The van der Waals surface area contributed by atoms with Crippen molar-refractivity contribution in [2.24, 2.45) is 0 Å². The van der Waals surface area contributed by atoms with Crippen LogP contribution in [0.25, 0.3) is 0 Å². The van der Waals surface area contributed by atoms with Gasteiger partial charge in [0.2, 0.25) is 0 Å². The van der Waals surface area contributed by atoms with Crippen molar-refractivity contribution in [3.8, 4) is 0 Å². The van der Waals surface area contributed by atoms with Gasteiger partial charge < -0.3 is 5.32 Å². The largest absolute Gasteiger partial charge is 0.311 e. The summed E-state index contributed by atoms with van der Waals surface area (Å²) in [5.41, 5.74) is 1.39. The highest BCUT2D eigenvalue weighted by molar-refractivity contribution is 9.10. The highest BCUT2D eigenvalue weighted by Crippen LogP contribution is 2.21. The third-order valence-electron chi connectivity index (χ3n) is 2.41. The van der Waals surface area contributed by atoms with E-state index >= 15 is 0 Å². The quantitative estimate of drug-likeness (QED) is 0.827. The van der Waals surface area contributed by atoms with Crippen molar-refractivity contribution in [1.29, 1.82) is 0 Å². The summed E-state index contributed by atoms with van der Waals surface area (Å²) in [6.07, 6.45) is 1.09. The average molecular weight is 296 g/mol. The molecule has 3 heteroatoms. The molecule has 0 aliphatic heterocycles. The Morgan fingerprint density at radius 1 is 1.12 bits per heavy atom. The summed E-state index contributed by atoms with van der Waals surface area (Å²) in [6, 6.07) is 12.7. The zero-order valence-electron chi connectivity index (χ0n) is 8.95. The second kappa shape index (κ2) is 6.18. The second-order valence-corrected chi connectivity index (χ2v) is 5.46. The van der Waals surface area contributed by atoms with Gasteiger partial charge in [-0.3, -0.25) is 0 Å². The first-order chi connectivity index (χ1) is 7.86. The molecule has 1 N–H and O–H groups in total. The zero-order valence-corrected chi connectivity index (χ0v) is 11.4. The Morgan fingerprint density at radius 3 is 2.62 bits per heavy atom. The van der Waals surface area contributed by atoms with Crippen LogP contribution in [0, 0.1) is 0 Å². The van der Waals surface area contributed by atoms with E-state index in [1.54, 1.807) is 11.3 Å². The van der Waals surface area contributed by atoms with Gasteiger partial charge in [0.25, 0.3) is 0 Å². The van der Waals surface area contributed by atoms with Crippen LogP contribution in [-0.2, 0) is 13.0 Å². The first kappa shape index (κ1) is 11.8. The fraction of sp³-hybridized carbons (Fsp3) is 0.231. The predicted molar refractivity (Wildman–Crippen MR) is 73.9 cm³/mol. The van der Waals surface area contributed by atoms with Crippen molar-refractivity contribution in [3.05, 3.63) is 56.7 Å². The lowest BCUT2D eigenvalue weighted by atomic mass is 10.1. The number of halogens is 1. The number of nitrogens with one attached hydrogen (secondary N) is 1. The number of rotatable bonds is 5. The summed E-state index contributed by atoms with van der Waals surface area (Å²) in [6.45, 7) is 1.97. The Morgan fingerprint density at radius 2 is 1.94 bits per heavy atom. The number of thiophene rings is 1. The molecule has 0 fully saturated rings. The Kier molecular flexibility index (Phi) is 4.57. The molecule has 84 valence electrons. The van der Waals surface area contributed by atoms with Gasteiger partial charge in [-0.05, 0) is 45.9 Å². The molecule has 0 saturated carbocycles. The van der Waals surface area contributed by atoms with Crippen LogP contribution >= 0.6 is 27.3 Å². The molecule has 16 heavy (non-hydrogen) atoms. The molecule has 0 radical (unpaired) electrons. The van der Waals surface area contributed by atoms with Crippen molar-refractivity contribution in [2.75, 3.05) is 6.54 Å². The van der Waals surface area contributed by atoms with E-state index in [0.717, 1.165) is 19.5 Å². The first-order valence-electron chi connectivity index (χ1n) is 5.33. The van der Waals surface area contributed by atoms with Gasteiger partial charge in [0, 0.05) is 15.9 Å². The third kappa shape index (κ3) is 3.44. The average Bonchev–Trinajstić information content (AvgIpc) is 2.72. The number of hydrogen-bond acceptors (Lipinski definition) is 2. The molecule has 2 rings (SSSR count). The molecule has 1 nitrogen and oxygen atoms in total. The molecular formula is C13H14BrNS. The van der Waals surface area contributed by atoms with Gasteiger partial charge in [-0.15, -0.1) is 11.3 Å². The molecule has 0 atom stereocenters. The van der Waals surface area contributed by atoms with Gasteiger partial charge in [-0.25, -0.2) is 0 Å². The van der Waals surface area contributed by atoms with Gasteiger partial charge in [0.05, 0.1) is 0 Å². The molecule has 0 bridgehead atoms. The molecule has 0 unspecified atom stereocenters. The summed E-state index contributed by atoms with van der Waals surface area (Å²) in [4.78, 5) is 1.37. The van der Waals surface area contributed by atoms with Gasteiger partial charge in [0.1, 0.15) is 0 Å². The second-order valence-electron chi connectivity index (χ2n) is 3.60. The van der Waals surface area contributed by atoms with Crippen molar-refractivity contribution in [2.45, 2.75) is 13.0 Å². The smallest absolute Gasteiger partial charge is 0.0327 e. The number of benzene rings is 1. The van der Waals surface area contributed by atoms with Crippen LogP contribution in [0.3, 0.4) is 0 Å². The topological polar surface area (TPSA) is 12.0 Å². The van der Waals surface area contributed by atoms with Crippen molar-refractivity contribution in [3.63, 3.8) is 0 Å².